The predicted octanol–water partition coefficient (Wildman–Crippen LogP) is 5.40. The van der Waals surface area contributed by atoms with Gasteiger partial charge in [0.1, 0.15) is 5.75 Å². The van der Waals surface area contributed by atoms with Crippen LogP contribution in [0.2, 0.25) is 5.02 Å². The lowest BCUT2D eigenvalue weighted by Gasteiger charge is -2.17. The Morgan fingerprint density at radius 3 is 2.57 bits per heavy atom. The lowest BCUT2D eigenvalue weighted by Crippen LogP contribution is -2.17. The number of hydrogen-bond donors (Lipinski definition) is 1. The molecule has 30 heavy (non-hydrogen) atoms. The van der Waals surface area contributed by atoms with Gasteiger partial charge in [-0.05, 0) is 67.4 Å². The minimum absolute atomic E-state index is 0.523. The Balaban J connectivity index is 1.45. The molecule has 0 amide bonds. The summed E-state index contributed by atoms with van der Waals surface area (Å²) in [4.78, 5) is 6.87. The highest BCUT2D eigenvalue weighted by Crippen LogP contribution is 2.33. The molecular formula is C23H22ClN5O. The molecule has 1 saturated heterocycles. The number of anilines is 3. The maximum Gasteiger partial charge on any atom is 0.245 e. The summed E-state index contributed by atoms with van der Waals surface area (Å²) in [5.74, 6) is 1.26. The molecule has 1 aliphatic heterocycles. The third-order valence-electron chi connectivity index (χ3n) is 5.43. The third kappa shape index (κ3) is 3.55. The Morgan fingerprint density at radius 1 is 1.00 bits per heavy atom. The number of rotatable bonds is 5. The lowest BCUT2D eigenvalue weighted by atomic mass is 10.1. The zero-order valence-electron chi connectivity index (χ0n) is 16.7. The van der Waals surface area contributed by atoms with Gasteiger partial charge in [0.15, 0.2) is 0 Å². The summed E-state index contributed by atoms with van der Waals surface area (Å²) in [6.07, 6.45) is 4.34. The lowest BCUT2D eigenvalue weighted by molar-refractivity contribution is 0.416. The van der Waals surface area contributed by atoms with Crippen molar-refractivity contribution in [3.05, 3.63) is 65.8 Å². The highest BCUT2D eigenvalue weighted by Gasteiger charge is 2.14. The summed E-state index contributed by atoms with van der Waals surface area (Å²) in [6, 6.07) is 17.9. The summed E-state index contributed by atoms with van der Waals surface area (Å²) in [5, 5.41) is 8.65. The summed E-state index contributed by atoms with van der Waals surface area (Å²) in [5.41, 5.74) is 4.87. The fraction of sp³-hybridized carbons (Fsp3) is 0.217. The van der Waals surface area contributed by atoms with E-state index in [-0.39, 0.29) is 0 Å². The molecule has 0 atom stereocenters. The maximum atomic E-state index is 6.23. The molecule has 2 aromatic carbocycles. The van der Waals surface area contributed by atoms with Gasteiger partial charge in [0.25, 0.3) is 0 Å². The van der Waals surface area contributed by atoms with E-state index >= 15 is 0 Å². The summed E-state index contributed by atoms with van der Waals surface area (Å²) >= 11 is 6.23. The van der Waals surface area contributed by atoms with Gasteiger partial charge in [-0.3, -0.25) is 0 Å². The Morgan fingerprint density at radius 2 is 1.80 bits per heavy atom. The molecule has 0 bridgehead atoms. The molecule has 5 rings (SSSR count). The van der Waals surface area contributed by atoms with E-state index in [2.05, 4.69) is 39.5 Å². The number of aromatic nitrogens is 3. The molecule has 4 aromatic rings. The number of benzene rings is 2. The van der Waals surface area contributed by atoms with Crippen LogP contribution in [0.3, 0.4) is 0 Å². The van der Waals surface area contributed by atoms with Crippen molar-refractivity contribution in [2.24, 2.45) is 0 Å². The van der Waals surface area contributed by atoms with Crippen molar-refractivity contribution < 1.29 is 4.74 Å². The molecule has 0 aliphatic carbocycles. The fourth-order valence-corrected chi connectivity index (χ4v) is 4.08. The van der Waals surface area contributed by atoms with E-state index in [9.17, 15) is 0 Å². The van der Waals surface area contributed by atoms with Crippen LogP contribution in [-0.2, 0) is 0 Å². The van der Waals surface area contributed by atoms with Crippen LogP contribution >= 0.6 is 11.6 Å². The van der Waals surface area contributed by atoms with Crippen molar-refractivity contribution in [1.29, 1.82) is 0 Å². The monoisotopic (exact) mass is 419 g/mol. The van der Waals surface area contributed by atoms with Gasteiger partial charge in [-0.25, -0.2) is 9.50 Å². The fourth-order valence-electron chi connectivity index (χ4n) is 3.90. The predicted molar refractivity (Wildman–Crippen MR) is 121 cm³/mol. The average molecular weight is 420 g/mol. The van der Waals surface area contributed by atoms with Gasteiger partial charge in [-0.2, -0.15) is 0 Å². The Labute approximate surface area is 180 Å². The molecule has 2 aromatic heterocycles. The number of methoxy groups -OCH3 is 1. The molecule has 7 heteroatoms. The molecule has 1 aliphatic rings. The second kappa shape index (κ2) is 7.88. The first-order chi connectivity index (χ1) is 14.7. The van der Waals surface area contributed by atoms with E-state index in [0.29, 0.717) is 11.0 Å². The van der Waals surface area contributed by atoms with Crippen LogP contribution in [-0.4, -0.2) is 34.8 Å². The van der Waals surface area contributed by atoms with Gasteiger partial charge >= 0.3 is 0 Å². The summed E-state index contributed by atoms with van der Waals surface area (Å²) in [7, 11) is 1.65. The summed E-state index contributed by atoms with van der Waals surface area (Å²) < 4.78 is 7.37. The van der Waals surface area contributed by atoms with Crippen molar-refractivity contribution in [2.45, 2.75) is 12.8 Å². The van der Waals surface area contributed by atoms with Gasteiger partial charge in [0.2, 0.25) is 5.95 Å². The Kier molecular flexibility index (Phi) is 4.93. The van der Waals surface area contributed by atoms with Gasteiger partial charge in [-0.1, -0.05) is 11.6 Å². The quantitative estimate of drug-likeness (QED) is 0.469. The van der Waals surface area contributed by atoms with Crippen LogP contribution in [0.1, 0.15) is 12.8 Å². The number of hydrogen-bond acceptors (Lipinski definition) is 5. The van der Waals surface area contributed by atoms with E-state index in [1.54, 1.807) is 13.3 Å². The maximum absolute atomic E-state index is 6.23. The number of nitrogens with zero attached hydrogens (tertiary/aromatic N) is 4. The molecule has 1 N–H and O–H groups in total. The van der Waals surface area contributed by atoms with Crippen LogP contribution in [0.5, 0.6) is 5.75 Å². The van der Waals surface area contributed by atoms with Gasteiger partial charge in [-0.15, -0.1) is 5.10 Å². The van der Waals surface area contributed by atoms with E-state index in [1.165, 1.54) is 18.5 Å². The first-order valence-electron chi connectivity index (χ1n) is 10.0. The highest BCUT2D eigenvalue weighted by atomic mass is 35.5. The largest absolute Gasteiger partial charge is 0.496 e. The van der Waals surface area contributed by atoms with E-state index in [1.807, 2.05) is 34.8 Å². The van der Waals surface area contributed by atoms with E-state index < -0.39 is 0 Å². The summed E-state index contributed by atoms with van der Waals surface area (Å²) in [6.45, 7) is 2.27. The van der Waals surface area contributed by atoms with Crippen molar-refractivity contribution in [3.8, 4) is 17.0 Å². The third-order valence-corrected chi connectivity index (χ3v) is 5.67. The van der Waals surface area contributed by atoms with E-state index in [4.69, 9.17) is 21.4 Å². The molecule has 0 saturated carbocycles. The van der Waals surface area contributed by atoms with Crippen LogP contribution in [0, 0.1) is 0 Å². The van der Waals surface area contributed by atoms with E-state index in [0.717, 1.165) is 41.3 Å². The van der Waals surface area contributed by atoms with Crippen LogP contribution in [0.15, 0.2) is 60.8 Å². The molecule has 3 heterocycles. The molecule has 0 radical (unpaired) electrons. The minimum Gasteiger partial charge on any atom is -0.496 e. The molecule has 152 valence electrons. The average Bonchev–Trinajstić information content (AvgIpc) is 3.44. The molecule has 1 fully saturated rings. The first kappa shape index (κ1) is 18.8. The Hall–Kier alpha value is -3.25. The normalized spacial score (nSPS) is 13.7. The molecular weight excluding hydrogens is 398 g/mol. The first-order valence-corrected chi connectivity index (χ1v) is 10.4. The molecule has 0 spiro atoms. The zero-order valence-corrected chi connectivity index (χ0v) is 17.4. The smallest absolute Gasteiger partial charge is 0.245 e. The molecule has 6 nitrogen and oxygen atoms in total. The second-order valence-corrected chi connectivity index (χ2v) is 7.78. The van der Waals surface area contributed by atoms with Crippen molar-refractivity contribution in [3.63, 3.8) is 0 Å². The van der Waals surface area contributed by atoms with Gasteiger partial charge in [0, 0.05) is 35.1 Å². The number of ether oxygens (including phenoxy) is 1. The standard InChI is InChI=1S/C23H22ClN5O/c1-30-22-11-4-16(24)14-20(22)21-10-9-19-15-25-23(27-29(19)21)26-17-5-7-18(8-6-17)28-12-2-3-13-28/h4-11,14-15H,2-3,12-13H2,1H3,(H,26,27). The zero-order chi connectivity index (χ0) is 20.5. The highest BCUT2D eigenvalue weighted by molar-refractivity contribution is 6.31. The van der Waals surface area contributed by atoms with Crippen molar-refractivity contribution in [1.82, 2.24) is 14.6 Å². The second-order valence-electron chi connectivity index (χ2n) is 7.35. The topological polar surface area (TPSA) is 54.7 Å². The van der Waals surface area contributed by atoms with Gasteiger partial charge in [0.05, 0.1) is 24.5 Å². The molecule has 0 unspecified atom stereocenters. The van der Waals surface area contributed by atoms with Crippen LogP contribution in [0.4, 0.5) is 17.3 Å². The SMILES string of the molecule is COc1ccc(Cl)cc1-c1ccc2cnc(Nc3ccc(N4CCCC4)cc3)nn12. The minimum atomic E-state index is 0.523. The van der Waals surface area contributed by atoms with Crippen molar-refractivity contribution in [2.75, 3.05) is 30.4 Å². The van der Waals surface area contributed by atoms with Crippen LogP contribution in [0.25, 0.3) is 16.8 Å². The van der Waals surface area contributed by atoms with Crippen LogP contribution < -0.4 is 15.0 Å². The van der Waals surface area contributed by atoms with Crippen molar-refractivity contribution >= 4 is 34.4 Å². The Bertz CT molecular complexity index is 1180. The number of nitrogens with one attached hydrogen (secondary N) is 1. The number of fused-ring (bicyclic) bond motifs is 1. The number of halogens is 1. The van der Waals surface area contributed by atoms with Gasteiger partial charge < -0.3 is 15.0 Å².